The van der Waals surface area contributed by atoms with Crippen molar-refractivity contribution >= 4 is 40.1 Å². The van der Waals surface area contributed by atoms with Gasteiger partial charge in [0.25, 0.3) is 0 Å². The highest BCUT2D eigenvalue weighted by Gasteiger charge is 2.56. The van der Waals surface area contributed by atoms with Gasteiger partial charge in [-0.05, 0) is 0 Å². The number of hydrogen-bond donors (Lipinski definition) is 3. The van der Waals surface area contributed by atoms with Crippen molar-refractivity contribution in [2.24, 2.45) is 0 Å². The van der Waals surface area contributed by atoms with Gasteiger partial charge in [0, 0.05) is 18.8 Å². The second-order valence-electron chi connectivity index (χ2n) is 5.49. The Balaban J connectivity index is 0. The minimum Gasteiger partial charge on any atom is -0.348 e. The van der Waals surface area contributed by atoms with E-state index in [4.69, 9.17) is 0 Å². The van der Waals surface area contributed by atoms with E-state index in [1.165, 1.54) is 0 Å². The van der Waals surface area contributed by atoms with Crippen molar-refractivity contribution in [2.75, 3.05) is 0 Å². The first-order chi connectivity index (χ1) is 16.3. The molecule has 0 bridgehead atoms. The van der Waals surface area contributed by atoms with Gasteiger partial charge in [0.15, 0.2) is 0 Å². The number of nitrogens with zero attached hydrogens (tertiary/aromatic N) is 1. The smallest absolute Gasteiger partial charge is 0.348 e. The molecular formula is C10H10F12N4O8S4. The third-order valence-corrected chi connectivity index (χ3v) is 8.50. The Bertz CT molecular complexity index is 1170. The van der Waals surface area contributed by atoms with Crippen LogP contribution in [-0.2, 0) is 46.5 Å². The molecule has 0 unspecified atom stereocenters. The molecule has 0 aliphatic heterocycles. The molecule has 38 heavy (non-hydrogen) atoms. The Kier molecular flexibility index (Phi) is 12.3. The number of aromatic nitrogens is 2. The second kappa shape index (κ2) is 12.3. The summed E-state index contributed by atoms with van der Waals surface area (Å²) in [5.41, 5.74) is -24.6. The average Bonchev–Trinajstić information content (AvgIpc) is 3.10. The number of sulfonamides is 4. The molecule has 0 atom stereocenters. The summed E-state index contributed by atoms with van der Waals surface area (Å²) in [6, 6.07) is 0. The van der Waals surface area contributed by atoms with Crippen LogP contribution in [0.1, 0.15) is 5.82 Å². The van der Waals surface area contributed by atoms with Crippen LogP contribution in [0, 0.1) is 0 Å². The van der Waals surface area contributed by atoms with Crippen molar-refractivity contribution in [1.82, 2.24) is 18.2 Å². The van der Waals surface area contributed by atoms with E-state index in [2.05, 4.69) is 16.5 Å². The fourth-order valence-corrected chi connectivity index (χ4v) is 4.85. The highest BCUT2D eigenvalue weighted by atomic mass is 32.3. The minimum absolute atomic E-state index is 0.493. The highest BCUT2D eigenvalue weighted by Crippen LogP contribution is 2.28. The van der Waals surface area contributed by atoms with Crippen molar-refractivity contribution in [3.63, 3.8) is 0 Å². The summed E-state index contributed by atoms with van der Waals surface area (Å²) >= 11 is 0. The Morgan fingerprint density at radius 3 is 1.08 bits per heavy atom. The number of aromatic amines is 1. The molecule has 0 amide bonds. The molecule has 0 aliphatic carbocycles. The third-order valence-electron chi connectivity index (χ3n) is 2.55. The van der Waals surface area contributed by atoms with Gasteiger partial charge in [0.1, 0.15) is 5.82 Å². The second-order valence-corrected chi connectivity index (χ2v) is 12.7. The normalized spacial score (nSPS) is 14.0. The van der Waals surface area contributed by atoms with Gasteiger partial charge in [0.2, 0.25) is 0 Å². The van der Waals surface area contributed by atoms with Crippen molar-refractivity contribution in [2.45, 2.75) is 28.5 Å². The van der Waals surface area contributed by atoms with Crippen LogP contribution < -0.4 is 8.25 Å². The molecule has 0 radical (unpaired) electrons. The predicted octanol–water partition coefficient (Wildman–Crippen LogP) is 1.69. The number of imidazole rings is 1. The summed E-state index contributed by atoms with van der Waals surface area (Å²) in [7, 11) is -26.4. The summed E-state index contributed by atoms with van der Waals surface area (Å²) < 4.78 is 217. The minimum atomic E-state index is -6.60. The Hall–Kier alpha value is -2.17. The van der Waals surface area contributed by atoms with Gasteiger partial charge in [-0.3, -0.25) is 0 Å². The van der Waals surface area contributed by atoms with Gasteiger partial charge in [-0.15, -0.1) is 6.58 Å². The van der Waals surface area contributed by atoms with E-state index in [0.29, 0.717) is 0 Å². The maximum absolute atomic E-state index is 11.5. The third kappa shape index (κ3) is 11.7. The maximum Gasteiger partial charge on any atom is 0.512 e. The number of nitrogens with one attached hydrogen (secondary N) is 3. The summed E-state index contributed by atoms with van der Waals surface area (Å²) in [4.78, 5) is 6.93. The predicted molar refractivity (Wildman–Crippen MR) is 98.7 cm³/mol. The van der Waals surface area contributed by atoms with Gasteiger partial charge in [0.05, 0.1) is 0 Å². The number of allylic oxidation sites excluding steroid dienone is 1. The van der Waals surface area contributed by atoms with Crippen LogP contribution in [0.2, 0.25) is 0 Å². The number of alkyl halides is 12. The zero-order valence-corrected chi connectivity index (χ0v) is 20.3. The number of hydrogen-bond acceptors (Lipinski definition) is 9. The van der Waals surface area contributed by atoms with E-state index in [-0.39, 0.29) is 0 Å². The van der Waals surface area contributed by atoms with Crippen LogP contribution in [-0.4, -0.2) is 65.7 Å². The zero-order chi connectivity index (χ0) is 31.2. The van der Waals surface area contributed by atoms with Gasteiger partial charge in [-0.25, -0.2) is 38.7 Å². The van der Waals surface area contributed by atoms with Crippen molar-refractivity contribution < 1.29 is 86.4 Å². The number of H-pyrrole nitrogens is 1. The van der Waals surface area contributed by atoms with Gasteiger partial charge < -0.3 is 4.98 Å². The number of rotatable bonds is 6. The van der Waals surface area contributed by atoms with E-state index >= 15 is 0 Å². The summed E-state index contributed by atoms with van der Waals surface area (Å²) in [6.45, 7) is 3.58. The van der Waals surface area contributed by atoms with E-state index in [0.717, 1.165) is 12.2 Å². The standard InChI is InChI=1S/C6H8N2.2C2HF6NO4S2/c1-2-3-6-7-4-5-8-6;2*3-1(4,5)14(10,11)9-15(12,13)2(6,7)8/h2,4-5H,1,3H2,(H,7,8);2*9H. The lowest BCUT2D eigenvalue weighted by molar-refractivity contribution is -0.0487. The van der Waals surface area contributed by atoms with Crippen LogP contribution >= 0.6 is 0 Å². The van der Waals surface area contributed by atoms with E-state index in [1.54, 1.807) is 12.4 Å². The molecule has 28 heteroatoms. The largest absolute Gasteiger partial charge is 0.512 e. The van der Waals surface area contributed by atoms with Gasteiger partial charge in [-0.1, -0.05) is 14.3 Å². The molecule has 0 aliphatic rings. The first-order valence-corrected chi connectivity index (χ1v) is 13.7. The van der Waals surface area contributed by atoms with Gasteiger partial charge in [-0.2, -0.15) is 52.7 Å². The highest BCUT2D eigenvalue weighted by molar-refractivity contribution is 8.06. The molecule has 1 rings (SSSR count). The van der Waals surface area contributed by atoms with E-state index in [9.17, 15) is 86.4 Å². The molecule has 1 aromatic rings. The fraction of sp³-hybridized carbons (Fsp3) is 0.500. The van der Waals surface area contributed by atoms with Crippen LogP contribution in [0.4, 0.5) is 52.7 Å². The molecule has 12 nitrogen and oxygen atoms in total. The first-order valence-electron chi connectivity index (χ1n) is 7.76. The molecule has 0 aromatic carbocycles. The van der Waals surface area contributed by atoms with Crippen LogP contribution in [0.3, 0.4) is 0 Å². The maximum atomic E-state index is 11.5. The first kappa shape index (κ1) is 38.0. The topological polar surface area (TPSA) is 189 Å². The van der Waals surface area contributed by atoms with Gasteiger partial charge >= 0.3 is 62.1 Å². The summed E-state index contributed by atoms with van der Waals surface area (Å²) in [5, 5.41) is 0. The van der Waals surface area contributed by atoms with Crippen molar-refractivity contribution in [1.29, 1.82) is 0 Å². The average molecular weight is 670 g/mol. The Morgan fingerprint density at radius 1 is 0.658 bits per heavy atom. The summed E-state index contributed by atoms with van der Waals surface area (Å²) in [5.74, 6) is 0.972. The van der Waals surface area contributed by atoms with E-state index in [1.807, 2.05) is 6.08 Å². The zero-order valence-electron chi connectivity index (χ0n) is 17.0. The molecule has 0 spiro atoms. The molecule has 226 valence electrons. The molecular weight excluding hydrogens is 660 g/mol. The van der Waals surface area contributed by atoms with Crippen LogP contribution in [0.5, 0.6) is 0 Å². The van der Waals surface area contributed by atoms with E-state index < -0.39 is 70.4 Å². The number of halogens is 12. The molecule has 0 saturated heterocycles. The van der Waals surface area contributed by atoms with Crippen LogP contribution in [0.15, 0.2) is 25.0 Å². The lowest BCUT2D eigenvalue weighted by Crippen LogP contribution is -2.45. The molecule has 3 N–H and O–H groups in total. The Labute approximate surface area is 204 Å². The van der Waals surface area contributed by atoms with Crippen molar-refractivity contribution in [3.8, 4) is 0 Å². The fourth-order valence-electron chi connectivity index (χ4n) is 1.02. The lowest BCUT2D eigenvalue weighted by Gasteiger charge is -2.11. The molecule has 1 heterocycles. The van der Waals surface area contributed by atoms with Crippen LogP contribution in [0.25, 0.3) is 0 Å². The van der Waals surface area contributed by atoms with Crippen molar-refractivity contribution in [3.05, 3.63) is 30.9 Å². The SMILES string of the molecule is C=CCc1ncc[nH]1.O=S(=O)(NS(=O)(=O)C(F)(F)F)C(F)(F)F.O=S(=O)(NS(=O)(=O)C(F)(F)F)C(F)(F)F. The monoisotopic (exact) mass is 670 g/mol. The lowest BCUT2D eigenvalue weighted by atomic mass is 10.4. The Morgan fingerprint density at radius 2 is 0.921 bits per heavy atom. The summed E-state index contributed by atoms with van der Waals surface area (Å²) in [6.07, 6.45) is 6.18. The molecule has 0 saturated carbocycles. The quantitative estimate of drug-likeness (QED) is 0.299. The molecule has 1 aromatic heterocycles. The molecule has 0 fully saturated rings.